The maximum atomic E-state index is 12.8. The molecular formula is C66H119NO8P+. The largest absolute Gasteiger partial charge is 0.472 e. The van der Waals surface area contributed by atoms with Gasteiger partial charge in [-0.2, -0.15) is 0 Å². The molecule has 0 aromatic rings. The molecule has 76 heavy (non-hydrogen) atoms. The highest BCUT2D eigenvalue weighted by Gasteiger charge is 2.27. The summed E-state index contributed by atoms with van der Waals surface area (Å²) in [6.07, 6.45) is 76.8. The van der Waals surface area contributed by atoms with Gasteiger partial charge in [0.25, 0.3) is 0 Å². The summed E-state index contributed by atoms with van der Waals surface area (Å²) in [6.45, 7) is 4.29. The van der Waals surface area contributed by atoms with Gasteiger partial charge < -0.3 is 18.9 Å². The van der Waals surface area contributed by atoms with Crippen molar-refractivity contribution in [2.45, 2.75) is 277 Å². The number of rotatable bonds is 57. The minimum atomic E-state index is -4.40. The SMILES string of the molecule is CC/C=C\C/C=C\C/C=C\C/C=C\C/C=C\C/C=C\CCCCC(=O)OC(COC(=O)CCCCCCCCCCCCCCCCCCCCC/C=C\CCCCCCCCCC)COP(=O)(O)OCC[N+](C)(C)C. The highest BCUT2D eigenvalue weighted by Crippen LogP contribution is 2.43. The highest BCUT2D eigenvalue weighted by atomic mass is 31.2. The zero-order valence-electron chi connectivity index (χ0n) is 50.0. The Morgan fingerprint density at radius 3 is 1.16 bits per heavy atom. The van der Waals surface area contributed by atoms with Crippen molar-refractivity contribution in [1.29, 1.82) is 0 Å². The molecule has 0 aromatic heterocycles. The zero-order chi connectivity index (χ0) is 55.6. The molecule has 0 aliphatic heterocycles. The third kappa shape index (κ3) is 60.4. The minimum Gasteiger partial charge on any atom is -0.462 e. The third-order valence-electron chi connectivity index (χ3n) is 13.4. The Hall–Kier alpha value is -2.81. The van der Waals surface area contributed by atoms with Gasteiger partial charge in [0.15, 0.2) is 6.10 Å². The van der Waals surface area contributed by atoms with Crippen LogP contribution in [0.3, 0.4) is 0 Å². The van der Waals surface area contributed by atoms with Crippen LogP contribution in [0.15, 0.2) is 85.1 Å². The van der Waals surface area contributed by atoms with E-state index in [2.05, 4.69) is 98.9 Å². The fraction of sp³-hybridized carbons (Fsp3) is 0.758. The lowest BCUT2D eigenvalue weighted by atomic mass is 10.0. The van der Waals surface area contributed by atoms with E-state index in [-0.39, 0.29) is 32.0 Å². The van der Waals surface area contributed by atoms with Crippen molar-refractivity contribution >= 4 is 19.8 Å². The van der Waals surface area contributed by atoms with Crippen LogP contribution in [0.4, 0.5) is 0 Å². The van der Waals surface area contributed by atoms with Gasteiger partial charge in [0.05, 0.1) is 27.7 Å². The lowest BCUT2D eigenvalue weighted by molar-refractivity contribution is -0.870. The fourth-order valence-electron chi connectivity index (χ4n) is 8.60. The second kappa shape index (κ2) is 56.9. The molecule has 0 aromatic carbocycles. The molecule has 9 nitrogen and oxygen atoms in total. The molecule has 0 rings (SSSR count). The van der Waals surface area contributed by atoms with Crippen LogP contribution in [0.2, 0.25) is 0 Å². The van der Waals surface area contributed by atoms with Gasteiger partial charge in [-0.25, -0.2) is 4.57 Å². The number of carbonyl (C=O) groups is 2. The summed E-state index contributed by atoms with van der Waals surface area (Å²) in [6, 6.07) is 0. The Balaban J connectivity index is 4.12. The number of carbonyl (C=O) groups excluding carboxylic acids is 2. The van der Waals surface area contributed by atoms with Gasteiger partial charge in [-0.05, 0) is 89.9 Å². The van der Waals surface area contributed by atoms with Crippen LogP contribution < -0.4 is 0 Å². The molecule has 0 radical (unpaired) electrons. The third-order valence-corrected chi connectivity index (χ3v) is 14.4. The van der Waals surface area contributed by atoms with Crippen molar-refractivity contribution in [3.05, 3.63) is 85.1 Å². The number of ether oxygens (including phenoxy) is 2. The molecule has 10 heteroatoms. The molecule has 0 aliphatic rings. The first-order valence-electron chi connectivity index (χ1n) is 31.3. The molecule has 0 saturated carbocycles. The molecule has 1 N–H and O–H groups in total. The first kappa shape index (κ1) is 73.2. The van der Waals surface area contributed by atoms with Crippen molar-refractivity contribution in [1.82, 2.24) is 0 Å². The van der Waals surface area contributed by atoms with Crippen LogP contribution in [0.1, 0.15) is 271 Å². The van der Waals surface area contributed by atoms with Crippen LogP contribution in [-0.4, -0.2) is 74.9 Å². The molecule has 0 fully saturated rings. The number of nitrogens with zero attached hydrogens (tertiary/aromatic N) is 1. The normalized spacial score (nSPS) is 13.8. The zero-order valence-corrected chi connectivity index (χ0v) is 50.9. The fourth-order valence-corrected chi connectivity index (χ4v) is 9.34. The highest BCUT2D eigenvalue weighted by molar-refractivity contribution is 7.47. The van der Waals surface area contributed by atoms with Crippen molar-refractivity contribution in [2.75, 3.05) is 47.5 Å². The lowest BCUT2D eigenvalue weighted by Crippen LogP contribution is -2.37. The Morgan fingerprint density at radius 1 is 0.421 bits per heavy atom. The van der Waals surface area contributed by atoms with E-state index >= 15 is 0 Å². The van der Waals surface area contributed by atoms with Crippen LogP contribution in [-0.2, 0) is 32.7 Å². The quantitative estimate of drug-likeness (QED) is 0.0211. The monoisotopic (exact) mass is 1080 g/mol. The van der Waals surface area contributed by atoms with Crippen LogP contribution in [0.5, 0.6) is 0 Å². The first-order chi connectivity index (χ1) is 37.0. The van der Waals surface area contributed by atoms with Crippen LogP contribution >= 0.6 is 7.82 Å². The minimum absolute atomic E-state index is 0.0200. The molecular weight excluding hydrogens is 966 g/mol. The van der Waals surface area contributed by atoms with Gasteiger partial charge in [-0.3, -0.25) is 18.6 Å². The number of esters is 2. The molecule has 0 aliphatic carbocycles. The molecule has 0 heterocycles. The summed E-state index contributed by atoms with van der Waals surface area (Å²) in [5.41, 5.74) is 0. The van der Waals surface area contributed by atoms with E-state index in [4.69, 9.17) is 18.5 Å². The number of likely N-dealkylation sites (N-methyl/N-ethyl adjacent to an activating group) is 1. The summed E-state index contributed by atoms with van der Waals surface area (Å²) in [4.78, 5) is 35.7. The maximum absolute atomic E-state index is 12.8. The van der Waals surface area contributed by atoms with Gasteiger partial charge in [0, 0.05) is 12.8 Å². The molecule has 2 unspecified atom stereocenters. The lowest BCUT2D eigenvalue weighted by Gasteiger charge is -2.24. The van der Waals surface area contributed by atoms with Crippen molar-refractivity contribution in [3.8, 4) is 0 Å². The summed E-state index contributed by atoms with van der Waals surface area (Å²) >= 11 is 0. The molecule has 0 spiro atoms. The summed E-state index contributed by atoms with van der Waals surface area (Å²) < 4.78 is 34.5. The Labute approximate surface area is 469 Å². The number of hydrogen-bond acceptors (Lipinski definition) is 7. The number of phosphoric acid groups is 1. The number of allylic oxidation sites excluding steroid dienone is 14. The van der Waals surface area contributed by atoms with Crippen molar-refractivity contribution in [3.63, 3.8) is 0 Å². The topological polar surface area (TPSA) is 108 Å². The molecule has 2 atom stereocenters. The molecule has 0 saturated heterocycles. The average molecular weight is 1090 g/mol. The second-order valence-corrected chi connectivity index (χ2v) is 23.5. The predicted octanol–water partition coefficient (Wildman–Crippen LogP) is 19.8. The second-order valence-electron chi connectivity index (χ2n) is 22.1. The average Bonchev–Trinajstić information content (AvgIpc) is 3.38. The van der Waals surface area contributed by atoms with Gasteiger partial charge in [-0.1, -0.05) is 253 Å². The predicted molar refractivity (Wildman–Crippen MR) is 325 cm³/mol. The van der Waals surface area contributed by atoms with Gasteiger partial charge in [-0.15, -0.1) is 0 Å². The number of phosphoric ester groups is 1. The summed E-state index contributed by atoms with van der Waals surface area (Å²) in [5.74, 6) is -0.844. The van der Waals surface area contributed by atoms with Crippen molar-refractivity contribution < 1.29 is 42.1 Å². The van der Waals surface area contributed by atoms with E-state index in [1.807, 2.05) is 21.1 Å². The summed E-state index contributed by atoms with van der Waals surface area (Å²) in [5, 5.41) is 0. The van der Waals surface area contributed by atoms with E-state index < -0.39 is 26.5 Å². The Bertz CT molecular complexity index is 1560. The van der Waals surface area contributed by atoms with E-state index in [9.17, 15) is 19.0 Å². The smallest absolute Gasteiger partial charge is 0.462 e. The van der Waals surface area contributed by atoms with E-state index in [1.54, 1.807) is 0 Å². The Kier molecular flexibility index (Phi) is 54.8. The Morgan fingerprint density at radius 2 is 0.750 bits per heavy atom. The maximum Gasteiger partial charge on any atom is 0.472 e. The van der Waals surface area contributed by atoms with E-state index in [1.165, 1.54) is 167 Å². The molecule has 440 valence electrons. The number of unbranched alkanes of at least 4 members (excludes halogenated alkanes) is 29. The van der Waals surface area contributed by atoms with Gasteiger partial charge >= 0.3 is 19.8 Å². The number of hydrogen-bond donors (Lipinski definition) is 1. The molecule has 0 bridgehead atoms. The summed E-state index contributed by atoms with van der Waals surface area (Å²) in [7, 11) is 1.44. The molecule has 0 amide bonds. The van der Waals surface area contributed by atoms with E-state index in [0.717, 1.165) is 70.6 Å². The van der Waals surface area contributed by atoms with Crippen LogP contribution in [0, 0.1) is 0 Å². The van der Waals surface area contributed by atoms with Crippen LogP contribution in [0.25, 0.3) is 0 Å². The van der Waals surface area contributed by atoms with Crippen molar-refractivity contribution in [2.24, 2.45) is 0 Å². The first-order valence-corrected chi connectivity index (χ1v) is 32.8. The van der Waals surface area contributed by atoms with Gasteiger partial charge in [0.2, 0.25) is 0 Å². The van der Waals surface area contributed by atoms with E-state index in [0.29, 0.717) is 17.4 Å². The number of quaternary nitrogens is 1. The standard InChI is InChI=1S/C66H118NO8P/c1-6-8-10-12-14-16-18-20-22-24-26-28-29-30-31-32-33-34-35-36-37-39-40-42-44-46-48-50-52-54-56-58-65(68)72-62-64(63-74-76(70,71)73-61-60-67(3,4)5)75-66(69)59-57-55-53-51-49-47-45-43-41-38-27-25-23-21-19-17-15-13-11-9-7-2/h9,11,15,17,21,23-24,26-27,38,43,45,49,51,64H,6-8,10,12-14,16,18-20,22,25,28-37,39-42,44,46-48,50,52-63H2,1-5H3/p+1/b11-9-,17-15-,23-21-,26-24-,38-27-,45-43-,51-49-. The van der Waals surface area contributed by atoms with Gasteiger partial charge in [0.1, 0.15) is 19.8 Å².